The van der Waals surface area contributed by atoms with Crippen molar-refractivity contribution in [2.24, 2.45) is 0 Å². The molecule has 0 unspecified atom stereocenters. The molecule has 1 heterocycles. The van der Waals surface area contributed by atoms with E-state index in [0.29, 0.717) is 39.7 Å². The average molecular weight is 388 g/mol. The predicted octanol–water partition coefficient (Wildman–Crippen LogP) is 5.58. The van der Waals surface area contributed by atoms with E-state index in [1.807, 2.05) is 12.1 Å². The Hall–Kier alpha value is -3.86. The lowest BCUT2D eigenvalue weighted by atomic mass is 10.1. The first kappa shape index (κ1) is 19.9. The van der Waals surface area contributed by atoms with Crippen LogP contribution in [0, 0.1) is 0 Å². The van der Waals surface area contributed by atoms with E-state index < -0.39 is 11.9 Å². The molecule has 0 amide bonds. The zero-order valence-electron chi connectivity index (χ0n) is 16.2. The molecule has 0 radical (unpaired) electrons. The summed E-state index contributed by atoms with van der Waals surface area (Å²) in [6.07, 6.45) is 0. The van der Waals surface area contributed by atoms with Crippen LogP contribution in [0.25, 0.3) is 22.6 Å². The predicted molar refractivity (Wildman–Crippen MR) is 110 cm³/mol. The molecule has 0 bridgehead atoms. The SMILES string of the molecule is C=C(C)C(=O)Oc1cccc(-c2ccc(-c3ccccc3OC(=O)C(=C)C)o2)c1. The number of carbonyl (C=O) groups excluding carboxylic acids is 2. The molecule has 146 valence electrons. The molecule has 0 aliphatic carbocycles. The van der Waals surface area contributed by atoms with Crippen LogP contribution in [-0.2, 0) is 9.59 Å². The Morgan fingerprint density at radius 2 is 1.45 bits per heavy atom. The Morgan fingerprint density at radius 3 is 2.17 bits per heavy atom. The maximum Gasteiger partial charge on any atom is 0.338 e. The molecule has 0 saturated heterocycles. The first-order valence-electron chi connectivity index (χ1n) is 8.90. The Morgan fingerprint density at radius 1 is 0.793 bits per heavy atom. The molecule has 5 nitrogen and oxygen atoms in total. The van der Waals surface area contributed by atoms with Crippen molar-refractivity contribution in [3.8, 4) is 34.1 Å². The third-order valence-electron chi connectivity index (χ3n) is 3.99. The van der Waals surface area contributed by atoms with Crippen LogP contribution in [0.5, 0.6) is 11.5 Å². The van der Waals surface area contributed by atoms with E-state index in [9.17, 15) is 9.59 Å². The number of carbonyl (C=O) groups is 2. The summed E-state index contributed by atoms with van der Waals surface area (Å²) < 4.78 is 16.6. The highest BCUT2D eigenvalue weighted by atomic mass is 16.5. The van der Waals surface area contributed by atoms with Crippen molar-refractivity contribution in [2.75, 3.05) is 0 Å². The fourth-order valence-corrected chi connectivity index (χ4v) is 2.49. The van der Waals surface area contributed by atoms with Gasteiger partial charge in [0.2, 0.25) is 0 Å². The van der Waals surface area contributed by atoms with Crippen LogP contribution in [0.2, 0.25) is 0 Å². The van der Waals surface area contributed by atoms with Crippen molar-refractivity contribution < 1.29 is 23.5 Å². The van der Waals surface area contributed by atoms with Crippen LogP contribution in [-0.4, -0.2) is 11.9 Å². The van der Waals surface area contributed by atoms with E-state index in [2.05, 4.69) is 13.2 Å². The van der Waals surface area contributed by atoms with E-state index >= 15 is 0 Å². The van der Waals surface area contributed by atoms with Gasteiger partial charge in [-0.3, -0.25) is 0 Å². The quantitative estimate of drug-likeness (QED) is 0.313. The number of hydrogen-bond acceptors (Lipinski definition) is 5. The Balaban J connectivity index is 1.89. The molecular formula is C24H20O5. The molecule has 5 heteroatoms. The highest BCUT2D eigenvalue weighted by Gasteiger charge is 2.15. The van der Waals surface area contributed by atoms with Crippen LogP contribution in [0.1, 0.15) is 13.8 Å². The number of esters is 2. The zero-order chi connectivity index (χ0) is 21.0. The maximum absolute atomic E-state index is 11.9. The summed E-state index contributed by atoms with van der Waals surface area (Å²) >= 11 is 0. The minimum absolute atomic E-state index is 0.307. The normalized spacial score (nSPS) is 10.3. The minimum atomic E-state index is -0.503. The van der Waals surface area contributed by atoms with Gasteiger partial charge in [-0.05, 0) is 50.2 Å². The summed E-state index contributed by atoms with van der Waals surface area (Å²) in [6, 6.07) is 17.7. The monoisotopic (exact) mass is 388 g/mol. The zero-order valence-corrected chi connectivity index (χ0v) is 16.2. The number of hydrogen-bond donors (Lipinski definition) is 0. The molecule has 3 aromatic rings. The number of rotatable bonds is 6. The third kappa shape index (κ3) is 4.71. The van der Waals surface area contributed by atoms with Gasteiger partial charge in [0, 0.05) is 16.7 Å². The summed E-state index contributed by atoms with van der Waals surface area (Å²) in [7, 11) is 0. The highest BCUT2D eigenvalue weighted by Crippen LogP contribution is 2.35. The molecule has 3 rings (SSSR count). The van der Waals surface area contributed by atoms with Crippen molar-refractivity contribution in [3.05, 3.63) is 85.0 Å². The number of furan rings is 1. The number of benzene rings is 2. The molecule has 0 N–H and O–H groups in total. The van der Waals surface area contributed by atoms with Gasteiger partial charge in [-0.25, -0.2) is 9.59 Å². The summed E-state index contributed by atoms with van der Waals surface area (Å²) in [6.45, 7) is 10.3. The van der Waals surface area contributed by atoms with Crippen molar-refractivity contribution in [3.63, 3.8) is 0 Å². The lowest BCUT2D eigenvalue weighted by Crippen LogP contribution is -2.08. The number of para-hydroxylation sites is 1. The molecule has 2 aromatic carbocycles. The maximum atomic E-state index is 11.9. The fraction of sp³-hybridized carbons (Fsp3) is 0.0833. The summed E-state index contributed by atoms with van der Waals surface area (Å²) in [5, 5.41) is 0. The highest BCUT2D eigenvalue weighted by molar-refractivity contribution is 5.90. The van der Waals surface area contributed by atoms with Gasteiger partial charge in [0.15, 0.2) is 0 Å². The lowest BCUT2D eigenvalue weighted by molar-refractivity contribution is -0.130. The van der Waals surface area contributed by atoms with Gasteiger partial charge in [0.1, 0.15) is 23.0 Å². The Bertz CT molecular complexity index is 1100. The molecule has 0 atom stereocenters. The van der Waals surface area contributed by atoms with Crippen LogP contribution in [0.3, 0.4) is 0 Å². The fourth-order valence-electron chi connectivity index (χ4n) is 2.49. The van der Waals surface area contributed by atoms with Gasteiger partial charge < -0.3 is 13.9 Å². The smallest absolute Gasteiger partial charge is 0.338 e. The molecule has 0 fully saturated rings. The van der Waals surface area contributed by atoms with Crippen molar-refractivity contribution in [2.45, 2.75) is 13.8 Å². The number of ether oxygens (including phenoxy) is 2. The molecule has 0 spiro atoms. The van der Waals surface area contributed by atoms with Gasteiger partial charge in [-0.1, -0.05) is 37.4 Å². The largest absolute Gasteiger partial charge is 0.456 e. The standard InChI is InChI=1S/C24H20O5/c1-15(2)23(25)27-18-9-7-8-17(14-18)20-12-13-22(28-20)19-10-5-6-11-21(19)29-24(26)16(3)4/h5-14H,1,3H2,2,4H3. The Labute approximate surface area is 168 Å². The van der Waals surface area contributed by atoms with Crippen LogP contribution in [0.4, 0.5) is 0 Å². The summed E-state index contributed by atoms with van der Waals surface area (Å²) in [5.41, 5.74) is 2.00. The van der Waals surface area contributed by atoms with Crippen LogP contribution < -0.4 is 9.47 Å². The van der Waals surface area contributed by atoms with E-state index in [1.165, 1.54) is 0 Å². The topological polar surface area (TPSA) is 65.7 Å². The van der Waals surface area contributed by atoms with Crippen LogP contribution in [0.15, 0.2) is 89.4 Å². The molecular weight excluding hydrogens is 368 g/mol. The lowest BCUT2D eigenvalue weighted by Gasteiger charge is -2.08. The second kappa shape index (κ2) is 8.44. The van der Waals surface area contributed by atoms with E-state index in [4.69, 9.17) is 13.9 Å². The molecule has 29 heavy (non-hydrogen) atoms. The molecule has 0 aliphatic heterocycles. The first-order valence-corrected chi connectivity index (χ1v) is 8.90. The van der Waals surface area contributed by atoms with Crippen molar-refractivity contribution in [1.82, 2.24) is 0 Å². The van der Waals surface area contributed by atoms with E-state index in [1.54, 1.807) is 62.4 Å². The minimum Gasteiger partial charge on any atom is -0.456 e. The van der Waals surface area contributed by atoms with Gasteiger partial charge >= 0.3 is 11.9 Å². The van der Waals surface area contributed by atoms with E-state index in [-0.39, 0.29) is 0 Å². The molecule has 0 saturated carbocycles. The molecule has 0 aliphatic rings. The van der Waals surface area contributed by atoms with Gasteiger partial charge in [0.25, 0.3) is 0 Å². The summed E-state index contributed by atoms with van der Waals surface area (Å²) in [5.74, 6) is 0.894. The second-order valence-electron chi connectivity index (χ2n) is 6.53. The van der Waals surface area contributed by atoms with E-state index in [0.717, 1.165) is 5.56 Å². The third-order valence-corrected chi connectivity index (χ3v) is 3.99. The van der Waals surface area contributed by atoms with Crippen LogP contribution >= 0.6 is 0 Å². The molecule has 1 aromatic heterocycles. The van der Waals surface area contributed by atoms with Gasteiger partial charge in [-0.15, -0.1) is 0 Å². The second-order valence-corrected chi connectivity index (χ2v) is 6.53. The Kier molecular flexibility index (Phi) is 5.79. The van der Waals surface area contributed by atoms with Crippen molar-refractivity contribution in [1.29, 1.82) is 0 Å². The van der Waals surface area contributed by atoms with Gasteiger partial charge in [0.05, 0.1) is 5.56 Å². The van der Waals surface area contributed by atoms with Gasteiger partial charge in [-0.2, -0.15) is 0 Å². The first-order chi connectivity index (χ1) is 13.8. The summed E-state index contributed by atoms with van der Waals surface area (Å²) in [4.78, 5) is 23.6. The van der Waals surface area contributed by atoms with Crippen molar-refractivity contribution >= 4 is 11.9 Å². The average Bonchev–Trinajstić information content (AvgIpc) is 3.18.